The molecule has 0 radical (unpaired) electrons. The van der Waals surface area contributed by atoms with Crippen LogP contribution in [0.3, 0.4) is 0 Å². The molecule has 5 rings (SSSR count). The van der Waals surface area contributed by atoms with Gasteiger partial charge in [0.05, 0.1) is 12.6 Å². The Morgan fingerprint density at radius 3 is 2.51 bits per heavy atom. The van der Waals surface area contributed by atoms with Gasteiger partial charge in [-0.25, -0.2) is 5.53 Å². The summed E-state index contributed by atoms with van der Waals surface area (Å²) in [5.41, 5.74) is 10.5. The number of hydrazone groups is 1. The first-order valence-corrected chi connectivity index (χ1v) is 14.9. The van der Waals surface area contributed by atoms with Crippen LogP contribution >= 0.6 is 11.6 Å². The van der Waals surface area contributed by atoms with E-state index in [1.165, 1.54) is 0 Å². The molecule has 0 bridgehead atoms. The van der Waals surface area contributed by atoms with Gasteiger partial charge in [-0.1, -0.05) is 70.0 Å². The number of amides is 2. The molecule has 10 heteroatoms. The predicted molar refractivity (Wildman–Crippen MR) is 162 cm³/mol. The van der Waals surface area contributed by atoms with E-state index in [1.807, 2.05) is 48.5 Å². The summed E-state index contributed by atoms with van der Waals surface area (Å²) in [4.78, 5) is 34.4. The second kappa shape index (κ2) is 11.8. The van der Waals surface area contributed by atoms with Crippen molar-refractivity contribution in [2.45, 2.75) is 77.9 Å². The first kappa shape index (κ1) is 29.1. The van der Waals surface area contributed by atoms with Crippen LogP contribution in [0.4, 0.5) is 0 Å². The van der Waals surface area contributed by atoms with Crippen molar-refractivity contribution in [2.75, 3.05) is 6.54 Å². The number of benzene rings is 2. The number of hydrogen-bond acceptors (Lipinski definition) is 7. The Morgan fingerprint density at radius 1 is 1.17 bits per heavy atom. The summed E-state index contributed by atoms with van der Waals surface area (Å²) in [7, 11) is 0. The highest BCUT2D eigenvalue weighted by atomic mass is 35.5. The average molecular weight is 578 g/mol. The number of amidine groups is 1. The van der Waals surface area contributed by atoms with E-state index < -0.39 is 5.66 Å². The fraction of sp³-hybridized carbons (Fsp3) is 0.484. The van der Waals surface area contributed by atoms with Crippen LogP contribution in [0.1, 0.15) is 93.7 Å². The molecule has 2 amide bonds. The lowest BCUT2D eigenvalue weighted by molar-refractivity contribution is -0.133. The van der Waals surface area contributed by atoms with Gasteiger partial charge in [-0.3, -0.25) is 20.0 Å². The normalized spacial score (nSPS) is 23.1. The summed E-state index contributed by atoms with van der Waals surface area (Å²) in [6, 6.07) is 14.9. The van der Waals surface area contributed by atoms with Gasteiger partial charge in [0.1, 0.15) is 11.4 Å². The maximum Gasteiger partial charge on any atom is 0.275 e. The van der Waals surface area contributed by atoms with Crippen LogP contribution in [0.5, 0.6) is 0 Å². The molecule has 41 heavy (non-hydrogen) atoms. The standard InChI is InChI=1S/C31H40ClN7O2/c1-5-7-25(20-10-12-21(13-11-20)28(40)33-19-26-35-37-38-36-26)39-29(41)27(22-8-6-9-24(32)18-22)34-31(39)16-14-23(15-17-31)30(2,3)4/h6,8-13,18,23,25,37-38H,5,7,14-17,19H2,1-4H3,(H,33,40)(H,35,36). The number of aliphatic imine (C=N–C) groups is 1. The van der Waals surface area contributed by atoms with E-state index in [0.717, 1.165) is 49.7 Å². The van der Waals surface area contributed by atoms with Crippen LogP contribution in [0.25, 0.3) is 0 Å². The van der Waals surface area contributed by atoms with Gasteiger partial charge >= 0.3 is 0 Å². The van der Waals surface area contributed by atoms with Gasteiger partial charge in [0.2, 0.25) is 0 Å². The van der Waals surface area contributed by atoms with Gasteiger partial charge in [-0.15, -0.1) is 10.6 Å². The summed E-state index contributed by atoms with van der Waals surface area (Å²) in [6.45, 7) is 9.31. The lowest BCUT2D eigenvalue weighted by atomic mass is 9.69. The van der Waals surface area contributed by atoms with Crippen LogP contribution in [0.2, 0.25) is 5.02 Å². The van der Waals surface area contributed by atoms with Gasteiger partial charge in [0, 0.05) is 16.1 Å². The highest BCUT2D eigenvalue weighted by Crippen LogP contribution is 2.49. The van der Waals surface area contributed by atoms with E-state index >= 15 is 0 Å². The minimum atomic E-state index is -0.594. The maximum absolute atomic E-state index is 14.3. The van der Waals surface area contributed by atoms with Crippen molar-refractivity contribution in [3.05, 3.63) is 70.2 Å². The first-order chi connectivity index (χ1) is 19.6. The van der Waals surface area contributed by atoms with Gasteiger partial charge in [-0.05, 0) is 73.3 Å². The number of carbonyl (C=O) groups is 2. The Bertz CT molecular complexity index is 1340. The molecule has 4 N–H and O–H groups in total. The quantitative estimate of drug-likeness (QED) is 0.349. The minimum Gasteiger partial charge on any atom is -0.345 e. The van der Waals surface area contributed by atoms with Crippen LogP contribution in [-0.4, -0.2) is 40.5 Å². The molecule has 218 valence electrons. The Hall–Kier alpha value is -3.43. The topological polar surface area (TPSA) is 110 Å². The SMILES string of the molecule is CCCC(c1ccc(C(=O)NCC2=NNNN2)cc1)N1C(=O)C(c2cccc(Cl)c2)=NC12CCC(C(C)(C)C)CC2. The minimum absolute atomic E-state index is 0.0474. The van der Waals surface area contributed by atoms with E-state index in [2.05, 4.69) is 59.5 Å². The number of nitrogens with one attached hydrogen (secondary N) is 4. The predicted octanol–water partition coefficient (Wildman–Crippen LogP) is 5.10. The summed E-state index contributed by atoms with van der Waals surface area (Å²) < 4.78 is 0. The molecule has 0 saturated heterocycles. The average Bonchev–Trinajstić information content (AvgIpc) is 3.57. The van der Waals surface area contributed by atoms with Crippen molar-refractivity contribution in [2.24, 2.45) is 21.4 Å². The van der Waals surface area contributed by atoms with Crippen molar-refractivity contribution in [1.82, 2.24) is 26.7 Å². The van der Waals surface area contributed by atoms with Crippen molar-refractivity contribution in [3.63, 3.8) is 0 Å². The Balaban J connectivity index is 1.44. The Kier molecular flexibility index (Phi) is 8.38. The lowest BCUT2D eigenvalue weighted by Gasteiger charge is -2.47. The molecule has 9 nitrogen and oxygen atoms in total. The molecule has 1 unspecified atom stereocenters. The number of halogens is 1. The second-order valence-corrected chi connectivity index (χ2v) is 12.7. The summed E-state index contributed by atoms with van der Waals surface area (Å²) in [5, 5.41) is 7.43. The zero-order chi connectivity index (χ0) is 29.2. The van der Waals surface area contributed by atoms with Crippen LogP contribution in [-0.2, 0) is 4.79 Å². The number of hydrogen-bond donors (Lipinski definition) is 4. The Labute approximate surface area is 247 Å². The number of carbonyl (C=O) groups excluding carboxylic acids is 2. The second-order valence-electron chi connectivity index (χ2n) is 12.3. The molecule has 2 heterocycles. The zero-order valence-electron chi connectivity index (χ0n) is 24.3. The van der Waals surface area contributed by atoms with E-state index in [1.54, 1.807) is 0 Å². The summed E-state index contributed by atoms with van der Waals surface area (Å²) in [6.07, 6.45) is 5.39. The van der Waals surface area contributed by atoms with Crippen molar-refractivity contribution in [1.29, 1.82) is 0 Å². The number of rotatable bonds is 8. The third-order valence-corrected chi connectivity index (χ3v) is 8.84. The number of hydrazine groups is 2. The Morgan fingerprint density at radius 2 is 1.90 bits per heavy atom. The third kappa shape index (κ3) is 6.11. The maximum atomic E-state index is 14.3. The molecule has 1 fully saturated rings. The van der Waals surface area contributed by atoms with Crippen LogP contribution < -0.4 is 21.8 Å². The molecule has 0 aromatic heterocycles. The molecule has 1 saturated carbocycles. The highest BCUT2D eigenvalue weighted by Gasteiger charge is 2.52. The molecular weight excluding hydrogens is 538 g/mol. The van der Waals surface area contributed by atoms with E-state index in [-0.39, 0.29) is 29.8 Å². The molecule has 3 aliphatic rings. The van der Waals surface area contributed by atoms with E-state index in [9.17, 15) is 9.59 Å². The molecule has 2 aliphatic heterocycles. The molecule has 1 spiro atoms. The van der Waals surface area contributed by atoms with Gasteiger partial charge in [-0.2, -0.15) is 0 Å². The largest absolute Gasteiger partial charge is 0.345 e. The highest BCUT2D eigenvalue weighted by molar-refractivity contribution is 6.47. The molecule has 2 aromatic rings. The smallest absolute Gasteiger partial charge is 0.275 e. The van der Waals surface area contributed by atoms with Gasteiger partial charge in [0.15, 0.2) is 5.84 Å². The third-order valence-electron chi connectivity index (χ3n) is 8.60. The summed E-state index contributed by atoms with van der Waals surface area (Å²) >= 11 is 6.33. The molecular formula is C31H40ClN7O2. The van der Waals surface area contributed by atoms with Crippen LogP contribution in [0.15, 0.2) is 58.6 Å². The number of nitrogens with zero attached hydrogens (tertiary/aromatic N) is 3. The first-order valence-electron chi connectivity index (χ1n) is 14.5. The molecule has 2 aromatic carbocycles. The zero-order valence-corrected chi connectivity index (χ0v) is 25.0. The van der Waals surface area contributed by atoms with Crippen LogP contribution in [0, 0.1) is 11.3 Å². The van der Waals surface area contributed by atoms with Gasteiger partial charge in [0.25, 0.3) is 11.8 Å². The van der Waals surface area contributed by atoms with E-state index in [4.69, 9.17) is 16.6 Å². The van der Waals surface area contributed by atoms with Crippen molar-refractivity contribution in [3.8, 4) is 0 Å². The van der Waals surface area contributed by atoms with Crippen molar-refractivity contribution >= 4 is 35.0 Å². The molecule has 1 aliphatic carbocycles. The molecule has 1 atom stereocenters. The summed E-state index contributed by atoms with van der Waals surface area (Å²) in [5.74, 6) is 0.928. The van der Waals surface area contributed by atoms with Crippen molar-refractivity contribution < 1.29 is 9.59 Å². The van der Waals surface area contributed by atoms with E-state index in [0.29, 0.717) is 28.1 Å². The fourth-order valence-corrected chi connectivity index (χ4v) is 6.51. The fourth-order valence-electron chi connectivity index (χ4n) is 6.32. The van der Waals surface area contributed by atoms with Gasteiger partial charge < -0.3 is 10.2 Å². The lowest BCUT2D eigenvalue weighted by Crippen LogP contribution is -2.51. The monoisotopic (exact) mass is 577 g/mol.